The molecule has 0 saturated heterocycles. The summed E-state index contributed by atoms with van der Waals surface area (Å²) in [5.74, 6) is 0.123. The molecule has 0 aliphatic heterocycles. The van der Waals surface area contributed by atoms with Gasteiger partial charge in [-0.2, -0.15) is 0 Å². The van der Waals surface area contributed by atoms with Gasteiger partial charge in [0.2, 0.25) is 0 Å². The third-order valence-corrected chi connectivity index (χ3v) is 8.32. The summed E-state index contributed by atoms with van der Waals surface area (Å²) in [6, 6.07) is 13.9. The van der Waals surface area contributed by atoms with E-state index in [4.69, 9.17) is 14.2 Å². The van der Waals surface area contributed by atoms with E-state index in [0.29, 0.717) is 23.8 Å². The van der Waals surface area contributed by atoms with Gasteiger partial charge in [-0.15, -0.1) is 0 Å². The zero-order valence-corrected chi connectivity index (χ0v) is 25.9. The highest BCUT2D eigenvalue weighted by molar-refractivity contribution is 5.92. The normalized spacial score (nSPS) is 17.3. The molecule has 0 spiro atoms. The first-order chi connectivity index (χ1) is 20.4. The minimum atomic E-state index is -1.00. The van der Waals surface area contributed by atoms with Crippen molar-refractivity contribution in [2.24, 2.45) is 5.92 Å². The molecule has 1 fully saturated rings. The average Bonchev–Trinajstić information content (AvgIpc) is 3.01. The summed E-state index contributed by atoms with van der Waals surface area (Å²) < 4.78 is 16.1. The maximum Gasteiger partial charge on any atom is 0.347 e. The van der Waals surface area contributed by atoms with Crippen molar-refractivity contribution in [2.75, 3.05) is 6.61 Å². The summed E-state index contributed by atoms with van der Waals surface area (Å²) in [4.78, 5) is 37.4. The Morgan fingerprint density at radius 3 is 1.90 bits per heavy atom. The molecule has 3 rings (SSSR count). The zero-order chi connectivity index (χ0) is 30.2. The minimum Gasteiger partial charge on any atom is -0.463 e. The van der Waals surface area contributed by atoms with Gasteiger partial charge in [-0.3, -0.25) is 0 Å². The van der Waals surface area contributed by atoms with Crippen LogP contribution in [0.4, 0.5) is 0 Å². The molecule has 1 atom stereocenters. The third kappa shape index (κ3) is 11.3. The Kier molecular flexibility index (Phi) is 14.6. The van der Waals surface area contributed by atoms with Gasteiger partial charge in [-0.05, 0) is 92.8 Å². The van der Waals surface area contributed by atoms with Gasteiger partial charge in [-0.1, -0.05) is 83.8 Å². The van der Waals surface area contributed by atoms with Crippen LogP contribution in [0.1, 0.15) is 143 Å². The third-order valence-electron chi connectivity index (χ3n) is 8.32. The lowest BCUT2D eigenvalue weighted by molar-refractivity contribution is -0.153. The van der Waals surface area contributed by atoms with E-state index in [1.807, 2.05) is 24.3 Å². The summed E-state index contributed by atoms with van der Waals surface area (Å²) >= 11 is 0. The maximum atomic E-state index is 12.7. The van der Waals surface area contributed by atoms with Gasteiger partial charge in [0.1, 0.15) is 5.75 Å². The number of benzene rings is 2. The standard InChI is InChI=1S/C36H50O6/c1-4-6-7-8-9-10-11-12-26-40-34(37)27(3)41-35(38)32-22-24-33(25-23-32)42-36(39)31-20-18-30(19-21-31)29-16-14-28(13-5-2)15-17-29/h18-25,27-29H,4-17,26H2,1-3H3/t27-,28?,29?/m1/s1. The Labute approximate surface area is 252 Å². The Morgan fingerprint density at radius 1 is 0.714 bits per heavy atom. The fourth-order valence-corrected chi connectivity index (χ4v) is 5.71. The minimum absolute atomic E-state index is 0.260. The van der Waals surface area contributed by atoms with E-state index in [0.717, 1.165) is 25.2 Å². The van der Waals surface area contributed by atoms with E-state index in [1.165, 1.54) is 95.2 Å². The highest BCUT2D eigenvalue weighted by Crippen LogP contribution is 2.37. The topological polar surface area (TPSA) is 78.9 Å². The number of rotatable bonds is 17. The SMILES string of the molecule is CCCCCCCCCCOC(=O)[C@@H](C)OC(=O)c1ccc(OC(=O)c2ccc(C3CCC(CCC)CC3)cc2)cc1. The van der Waals surface area contributed by atoms with Crippen molar-refractivity contribution in [1.29, 1.82) is 0 Å². The summed E-state index contributed by atoms with van der Waals surface area (Å²) in [7, 11) is 0. The van der Waals surface area contributed by atoms with Crippen LogP contribution in [0.3, 0.4) is 0 Å². The highest BCUT2D eigenvalue weighted by Gasteiger charge is 2.23. The van der Waals surface area contributed by atoms with Crippen LogP contribution in [0.25, 0.3) is 0 Å². The van der Waals surface area contributed by atoms with E-state index >= 15 is 0 Å². The molecule has 0 N–H and O–H groups in total. The predicted molar refractivity (Wildman–Crippen MR) is 166 cm³/mol. The second kappa shape index (κ2) is 18.4. The second-order valence-electron chi connectivity index (χ2n) is 11.7. The average molecular weight is 579 g/mol. The second-order valence-corrected chi connectivity index (χ2v) is 11.7. The first kappa shape index (κ1) is 33.4. The number of esters is 3. The fraction of sp³-hybridized carbons (Fsp3) is 0.583. The maximum absolute atomic E-state index is 12.7. The lowest BCUT2D eigenvalue weighted by Gasteiger charge is -2.28. The van der Waals surface area contributed by atoms with E-state index < -0.39 is 24.0 Å². The molecule has 0 radical (unpaired) electrons. The van der Waals surface area contributed by atoms with Crippen LogP contribution in [0.15, 0.2) is 48.5 Å². The molecule has 1 aliphatic rings. The molecule has 1 aliphatic carbocycles. The molecule has 230 valence electrons. The number of ether oxygens (including phenoxy) is 3. The lowest BCUT2D eigenvalue weighted by atomic mass is 9.77. The Bertz CT molecular complexity index is 1080. The van der Waals surface area contributed by atoms with Gasteiger partial charge < -0.3 is 14.2 Å². The molecule has 0 heterocycles. The van der Waals surface area contributed by atoms with Gasteiger partial charge >= 0.3 is 17.9 Å². The molecule has 6 heteroatoms. The summed E-state index contributed by atoms with van der Waals surface area (Å²) in [6.07, 6.45) is 15.9. The van der Waals surface area contributed by atoms with Crippen LogP contribution in [0, 0.1) is 5.92 Å². The van der Waals surface area contributed by atoms with Gasteiger partial charge in [0.05, 0.1) is 17.7 Å². The first-order valence-corrected chi connectivity index (χ1v) is 16.2. The molecule has 2 aromatic carbocycles. The van der Waals surface area contributed by atoms with Gasteiger partial charge in [0, 0.05) is 0 Å². The molecule has 1 saturated carbocycles. The molecule has 6 nitrogen and oxygen atoms in total. The van der Waals surface area contributed by atoms with Gasteiger partial charge in [0.15, 0.2) is 6.10 Å². The zero-order valence-electron chi connectivity index (χ0n) is 25.9. The molecule has 0 amide bonds. The van der Waals surface area contributed by atoms with Crippen LogP contribution in [0.2, 0.25) is 0 Å². The van der Waals surface area contributed by atoms with Gasteiger partial charge in [-0.25, -0.2) is 14.4 Å². The Morgan fingerprint density at radius 2 is 1.29 bits per heavy atom. The molecule has 42 heavy (non-hydrogen) atoms. The molecular weight excluding hydrogens is 528 g/mol. The molecule has 2 aromatic rings. The molecule has 0 aromatic heterocycles. The predicted octanol–water partition coefficient (Wildman–Crippen LogP) is 9.21. The summed E-state index contributed by atoms with van der Waals surface area (Å²) in [5.41, 5.74) is 2.03. The number of carbonyl (C=O) groups is 3. The van der Waals surface area contributed by atoms with E-state index in [9.17, 15) is 14.4 Å². The number of hydrogen-bond acceptors (Lipinski definition) is 6. The van der Waals surface area contributed by atoms with Crippen molar-refractivity contribution in [3.63, 3.8) is 0 Å². The Balaban J connectivity index is 1.37. The van der Waals surface area contributed by atoms with Crippen LogP contribution >= 0.6 is 0 Å². The lowest BCUT2D eigenvalue weighted by Crippen LogP contribution is -2.26. The first-order valence-electron chi connectivity index (χ1n) is 16.2. The van der Waals surface area contributed by atoms with Gasteiger partial charge in [0.25, 0.3) is 0 Å². The van der Waals surface area contributed by atoms with Crippen molar-refractivity contribution in [1.82, 2.24) is 0 Å². The number of carbonyl (C=O) groups excluding carboxylic acids is 3. The summed E-state index contributed by atoms with van der Waals surface area (Å²) in [6.45, 7) is 6.30. The van der Waals surface area contributed by atoms with Crippen molar-refractivity contribution < 1.29 is 28.6 Å². The van der Waals surface area contributed by atoms with E-state index in [-0.39, 0.29) is 5.56 Å². The monoisotopic (exact) mass is 578 g/mol. The Hall–Kier alpha value is -3.15. The van der Waals surface area contributed by atoms with Crippen molar-refractivity contribution in [2.45, 2.75) is 123 Å². The molecular formula is C36H50O6. The van der Waals surface area contributed by atoms with E-state index in [1.54, 1.807) is 12.1 Å². The molecule has 0 bridgehead atoms. The summed E-state index contributed by atoms with van der Waals surface area (Å²) in [5, 5.41) is 0. The van der Waals surface area contributed by atoms with Crippen molar-refractivity contribution >= 4 is 17.9 Å². The fourth-order valence-electron chi connectivity index (χ4n) is 5.71. The van der Waals surface area contributed by atoms with Crippen molar-refractivity contribution in [3.8, 4) is 5.75 Å². The number of hydrogen-bond donors (Lipinski definition) is 0. The van der Waals surface area contributed by atoms with Crippen LogP contribution < -0.4 is 4.74 Å². The van der Waals surface area contributed by atoms with Crippen LogP contribution in [-0.2, 0) is 14.3 Å². The largest absolute Gasteiger partial charge is 0.463 e. The smallest absolute Gasteiger partial charge is 0.347 e. The van der Waals surface area contributed by atoms with Crippen LogP contribution in [0.5, 0.6) is 5.75 Å². The van der Waals surface area contributed by atoms with E-state index in [2.05, 4.69) is 13.8 Å². The van der Waals surface area contributed by atoms with Crippen molar-refractivity contribution in [3.05, 3.63) is 65.2 Å². The quantitative estimate of drug-likeness (QED) is 0.106. The molecule has 0 unspecified atom stereocenters. The highest BCUT2D eigenvalue weighted by atomic mass is 16.6. The van der Waals surface area contributed by atoms with Crippen LogP contribution in [-0.4, -0.2) is 30.6 Å². The number of unbranched alkanes of at least 4 members (excludes halogenated alkanes) is 7.